The van der Waals surface area contributed by atoms with E-state index in [0.29, 0.717) is 5.82 Å². The molecule has 0 saturated carbocycles. The molecule has 1 aliphatic heterocycles. The molecule has 0 amide bonds. The smallest absolute Gasteiger partial charge is 0.158 e. The molecule has 1 aromatic heterocycles. The standard InChI is InChI=1S/C11H19N5/c1-11(2)4-3-5-16(11)8-9-6-14-10(15-12)7-13-9/h6-7H,3-5,8,12H2,1-2H3,(H,14,15). The van der Waals surface area contributed by atoms with Crippen molar-refractivity contribution >= 4 is 5.82 Å². The molecular weight excluding hydrogens is 202 g/mol. The zero-order chi connectivity index (χ0) is 11.6. The van der Waals surface area contributed by atoms with E-state index in [1.807, 2.05) is 0 Å². The van der Waals surface area contributed by atoms with Gasteiger partial charge in [0.25, 0.3) is 0 Å². The van der Waals surface area contributed by atoms with Gasteiger partial charge in [-0.1, -0.05) is 0 Å². The Kier molecular flexibility index (Phi) is 3.07. The summed E-state index contributed by atoms with van der Waals surface area (Å²) in [6.45, 7) is 6.57. The average Bonchev–Trinajstić information content (AvgIpc) is 2.59. The van der Waals surface area contributed by atoms with E-state index in [2.05, 4.69) is 34.1 Å². The van der Waals surface area contributed by atoms with E-state index in [-0.39, 0.29) is 5.54 Å². The Hall–Kier alpha value is -1.20. The predicted octanol–water partition coefficient (Wildman–Crippen LogP) is 1.14. The molecule has 3 N–H and O–H groups in total. The number of hydrogen-bond donors (Lipinski definition) is 2. The van der Waals surface area contributed by atoms with Crippen LogP contribution in [0.2, 0.25) is 0 Å². The van der Waals surface area contributed by atoms with Crippen LogP contribution in [0, 0.1) is 0 Å². The highest BCUT2D eigenvalue weighted by molar-refractivity contribution is 5.28. The van der Waals surface area contributed by atoms with Gasteiger partial charge in [-0.2, -0.15) is 0 Å². The van der Waals surface area contributed by atoms with E-state index < -0.39 is 0 Å². The lowest BCUT2D eigenvalue weighted by atomic mass is 10.0. The molecule has 0 spiro atoms. The molecule has 0 bridgehead atoms. The summed E-state index contributed by atoms with van der Waals surface area (Å²) in [7, 11) is 0. The maximum absolute atomic E-state index is 5.24. The minimum absolute atomic E-state index is 0.284. The van der Waals surface area contributed by atoms with Gasteiger partial charge in [0, 0.05) is 12.1 Å². The van der Waals surface area contributed by atoms with Gasteiger partial charge in [0.05, 0.1) is 18.1 Å². The Morgan fingerprint density at radius 3 is 2.75 bits per heavy atom. The van der Waals surface area contributed by atoms with E-state index >= 15 is 0 Å². The van der Waals surface area contributed by atoms with Crippen molar-refractivity contribution in [3.05, 3.63) is 18.1 Å². The van der Waals surface area contributed by atoms with Crippen molar-refractivity contribution in [3.8, 4) is 0 Å². The van der Waals surface area contributed by atoms with Gasteiger partial charge in [-0.15, -0.1) is 0 Å². The molecule has 1 aromatic rings. The van der Waals surface area contributed by atoms with Gasteiger partial charge in [0.15, 0.2) is 5.82 Å². The first kappa shape index (κ1) is 11.3. The highest BCUT2D eigenvalue weighted by atomic mass is 15.3. The summed E-state index contributed by atoms with van der Waals surface area (Å²) in [4.78, 5) is 10.9. The lowest BCUT2D eigenvalue weighted by Gasteiger charge is -2.31. The summed E-state index contributed by atoms with van der Waals surface area (Å²) in [5, 5.41) is 0. The molecule has 0 radical (unpaired) electrons. The highest BCUT2D eigenvalue weighted by Gasteiger charge is 2.31. The molecule has 5 heteroatoms. The van der Waals surface area contributed by atoms with Gasteiger partial charge in [-0.05, 0) is 33.2 Å². The molecule has 0 aromatic carbocycles. The number of nitrogens with zero attached hydrogens (tertiary/aromatic N) is 3. The molecule has 0 unspecified atom stereocenters. The summed E-state index contributed by atoms with van der Waals surface area (Å²) in [5.74, 6) is 5.84. The lowest BCUT2D eigenvalue weighted by molar-refractivity contribution is 0.164. The summed E-state index contributed by atoms with van der Waals surface area (Å²) in [6.07, 6.45) is 5.97. The average molecular weight is 221 g/mol. The van der Waals surface area contributed by atoms with Crippen LogP contribution in [0.25, 0.3) is 0 Å². The van der Waals surface area contributed by atoms with Crippen LogP contribution in [-0.2, 0) is 6.54 Å². The van der Waals surface area contributed by atoms with Crippen molar-refractivity contribution in [3.63, 3.8) is 0 Å². The largest absolute Gasteiger partial charge is 0.307 e. The summed E-state index contributed by atoms with van der Waals surface area (Å²) in [5.41, 5.74) is 3.76. The fraction of sp³-hybridized carbons (Fsp3) is 0.636. The normalized spacial score (nSPS) is 19.9. The highest BCUT2D eigenvalue weighted by Crippen LogP contribution is 2.29. The summed E-state index contributed by atoms with van der Waals surface area (Å²) in [6, 6.07) is 0. The molecule has 0 aliphatic carbocycles. The first-order valence-corrected chi connectivity index (χ1v) is 5.64. The Labute approximate surface area is 96.0 Å². The van der Waals surface area contributed by atoms with E-state index in [4.69, 9.17) is 5.84 Å². The van der Waals surface area contributed by atoms with Crippen LogP contribution in [0.1, 0.15) is 32.4 Å². The second-order valence-electron chi connectivity index (χ2n) is 4.87. The van der Waals surface area contributed by atoms with Crippen LogP contribution in [0.4, 0.5) is 5.82 Å². The molecule has 5 nitrogen and oxygen atoms in total. The van der Waals surface area contributed by atoms with Gasteiger partial charge < -0.3 is 5.43 Å². The molecule has 2 rings (SSSR count). The zero-order valence-electron chi connectivity index (χ0n) is 9.90. The number of rotatable bonds is 3. The van der Waals surface area contributed by atoms with Crippen LogP contribution in [0.3, 0.4) is 0 Å². The van der Waals surface area contributed by atoms with Gasteiger partial charge in [0.1, 0.15) is 0 Å². The Balaban J connectivity index is 2.03. The molecule has 1 fully saturated rings. The number of nitrogen functional groups attached to an aromatic ring is 1. The number of anilines is 1. The Morgan fingerprint density at radius 1 is 1.44 bits per heavy atom. The quantitative estimate of drug-likeness (QED) is 0.591. The fourth-order valence-electron chi connectivity index (χ4n) is 2.16. The van der Waals surface area contributed by atoms with Crippen molar-refractivity contribution in [2.24, 2.45) is 5.84 Å². The number of aromatic nitrogens is 2. The van der Waals surface area contributed by atoms with E-state index in [9.17, 15) is 0 Å². The third-order valence-corrected chi connectivity index (χ3v) is 3.28. The van der Waals surface area contributed by atoms with Crippen molar-refractivity contribution in [1.29, 1.82) is 0 Å². The minimum Gasteiger partial charge on any atom is -0.307 e. The molecule has 2 heterocycles. The minimum atomic E-state index is 0.284. The third kappa shape index (κ3) is 2.31. The second kappa shape index (κ2) is 4.35. The topological polar surface area (TPSA) is 67.1 Å². The van der Waals surface area contributed by atoms with Crippen molar-refractivity contribution < 1.29 is 0 Å². The van der Waals surface area contributed by atoms with Crippen molar-refractivity contribution in [1.82, 2.24) is 14.9 Å². The predicted molar refractivity (Wildman–Crippen MR) is 63.6 cm³/mol. The SMILES string of the molecule is CC1(C)CCCN1Cc1cnc(NN)cn1. The van der Waals surface area contributed by atoms with Crippen molar-refractivity contribution in [2.45, 2.75) is 38.8 Å². The number of hydrazine groups is 1. The molecule has 16 heavy (non-hydrogen) atoms. The maximum Gasteiger partial charge on any atom is 0.158 e. The first-order chi connectivity index (χ1) is 7.62. The zero-order valence-corrected chi connectivity index (χ0v) is 9.90. The van der Waals surface area contributed by atoms with Gasteiger partial charge >= 0.3 is 0 Å². The molecule has 1 saturated heterocycles. The molecule has 88 valence electrons. The molecule has 0 atom stereocenters. The third-order valence-electron chi connectivity index (χ3n) is 3.28. The van der Waals surface area contributed by atoms with E-state index in [0.717, 1.165) is 18.8 Å². The van der Waals surface area contributed by atoms with Gasteiger partial charge in [-0.25, -0.2) is 10.8 Å². The van der Waals surface area contributed by atoms with Crippen LogP contribution < -0.4 is 11.3 Å². The van der Waals surface area contributed by atoms with Crippen LogP contribution in [0.15, 0.2) is 12.4 Å². The van der Waals surface area contributed by atoms with Gasteiger partial charge in [-0.3, -0.25) is 9.88 Å². The first-order valence-electron chi connectivity index (χ1n) is 5.64. The Bertz CT molecular complexity index is 346. The maximum atomic E-state index is 5.24. The number of hydrogen-bond acceptors (Lipinski definition) is 5. The van der Waals surface area contributed by atoms with E-state index in [1.54, 1.807) is 12.4 Å². The van der Waals surface area contributed by atoms with E-state index in [1.165, 1.54) is 12.8 Å². The monoisotopic (exact) mass is 221 g/mol. The van der Waals surface area contributed by atoms with Crippen molar-refractivity contribution in [2.75, 3.05) is 12.0 Å². The Morgan fingerprint density at radius 2 is 2.25 bits per heavy atom. The lowest BCUT2D eigenvalue weighted by Crippen LogP contribution is -2.37. The van der Waals surface area contributed by atoms with Crippen LogP contribution in [-0.4, -0.2) is 27.0 Å². The van der Waals surface area contributed by atoms with Crippen LogP contribution in [0.5, 0.6) is 0 Å². The van der Waals surface area contributed by atoms with Gasteiger partial charge in [0.2, 0.25) is 0 Å². The fourth-order valence-corrected chi connectivity index (χ4v) is 2.16. The molecular formula is C11H19N5. The van der Waals surface area contributed by atoms with Crippen LogP contribution >= 0.6 is 0 Å². The number of nitrogens with one attached hydrogen (secondary N) is 1. The summed E-state index contributed by atoms with van der Waals surface area (Å²) < 4.78 is 0. The number of likely N-dealkylation sites (tertiary alicyclic amines) is 1. The summed E-state index contributed by atoms with van der Waals surface area (Å²) >= 11 is 0. The second-order valence-corrected chi connectivity index (χ2v) is 4.87. The number of nitrogens with two attached hydrogens (primary N) is 1. The molecule has 1 aliphatic rings.